The monoisotopic (exact) mass is 235 g/mol. The lowest BCUT2D eigenvalue weighted by Gasteiger charge is -2.01. The van der Waals surface area contributed by atoms with Crippen LogP contribution in [0.2, 0.25) is 0 Å². The van der Waals surface area contributed by atoms with Crippen molar-refractivity contribution >= 4 is 23.5 Å². The molecule has 0 unspecified atom stereocenters. The van der Waals surface area contributed by atoms with Gasteiger partial charge in [-0.25, -0.2) is 9.59 Å². The minimum Gasteiger partial charge on any atom is -0.462 e. The molecule has 6 heteroatoms. The van der Waals surface area contributed by atoms with Gasteiger partial charge in [-0.05, 0) is 13.0 Å². The molecule has 0 saturated heterocycles. The van der Waals surface area contributed by atoms with E-state index in [1.807, 2.05) is 0 Å². The average molecular weight is 235 g/mol. The van der Waals surface area contributed by atoms with Gasteiger partial charge in [0.05, 0.1) is 6.61 Å². The molecule has 1 aliphatic rings. The summed E-state index contributed by atoms with van der Waals surface area (Å²) in [5.74, 6) is -2.94. The number of carbonyl (C=O) groups excluding carboxylic acids is 3. The van der Waals surface area contributed by atoms with Crippen molar-refractivity contribution in [2.45, 2.75) is 6.92 Å². The lowest BCUT2D eigenvalue weighted by molar-refractivity contribution is -0.147. The predicted molar refractivity (Wildman–Crippen MR) is 55.4 cm³/mol. The van der Waals surface area contributed by atoms with Gasteiger partial charge in [0.15, 0.2) is 11.3 Å². The van der Waals surface area contributed by atoms with E-state index in [4.69, 9.17) is 9.47 Å². The van der Waals surface area contributed by atoms with Crippen LogP contribution >= 0.6 is 0 Å². The summed E-state index contributed by atoms with van der Waals surface area (Å²) < 4.78 is 9.48. The summed E-state index contributed by atoms with van der Waals surface area (Å²) >= 11 is 0. The van der Waals surface area contributed by atoms with Gasteiger partial charge in [0, 0.05) is 18.0 Å². The summed E-state index contributed by atoms with van der Waals surface area (Å²) in [5.41, 5.74) is 0.101. The largest absolute Gasteiger partial charge is 0.462 e. The van der Waals surface area contributed by atoms with Gasteiger partial charge < -0.3 is 14.5 Å². The fourth-order valence-electron chi connectivity index (χ4n) is 1.45. The Kier molecular flexibility index (Phi) is 2.78. The summed E-state index contributed by atoms with van der Waals surface area (Å²) in [5, 5.41) is 0. The number of esters is 2. The third-order valence-corrected chi connectivity index (χ3v) is 2.17. The van der Waals surface area contributed by atoms with E-state index in [0.717, 1.165) is 0 Å². The SMILES string of the molecule is CCOC(=O)C1=C(c2cc[nH]c2)OC(=O)C1=O. The van der Waals surface area contributed by atoms with Crippen molar-refractivity contribution in [3.05, 3.63) is 29.6 Å². The molecule has 0 fully saturated rings. The van der Waals surface area contributed by atoms with E-state index in [1.165, 1.54) is 6.20 Å². The second kappa shape index (κ2) is 4.25. The van der Waals surface area contributed by atoms with E-state index in [9.17, 15) is 14.4 Å². The van der Waals surface area contributed by atoms with Crippen LogP contribution in [0.4, 0.5) is 0 Å². The van der Waals surface area contributed by atoms with E-state index in [-0.39, 0.29) is 17.9 Å². The van der Waals surface area contributed by atoms with Crippen molar-refractivity contribution < 1.29 is 23.9 Å². The molecule has 1 aliphatic heterocycles. The molecule has 0 atom stereocenters. The van der Waals surface area contributed by atoms with Crippen LogP contribution in [0, 0.1) is 0 Å². The molecule has 0 aromatic carbocycles. The van der Waals surface area contributed by atoms with Gasteiger partial charge in [-0.15, -0.1) is 0 Å². The molecule has 0 radical (unpaired) electrons. The zero-order valence-corrected chi connectivity index (χ0v) is 8.98. The third kappa shape index (κ3) is 1.84. The Bertz CT molecular complexity index is 512. The van der Waals surface area contributed by atoms with Gasteiger partial charge in [0.1, 0.15) is 0 Å². The first-order valence-corrected chi connectivity index (χ1v) is 4.96. The van der Waals surface area contributed by atoms with Crippen LogP contribution in [0.1, 0.15) is 12.5 Å². The quantitative estimate of drug-likeness (QED) is 0.466. The number of hydrogen-bond acceptors (Lipinski definition) is 5. The molecule has 0 bridgehead atoms. The van der Waals surface area contributed by atoms with Gasteiger partial charge >= 0.3 is 11.9 Å². The molecule has 88 valence electrons. The number of hydrogen-bond donors (Lipinski definition) is 1. The molecule has 0 spiro atoms. The standard InChI is InChI=1S/C11H9NO5/c1-2-16-10(14)7-8(13)11(15)17-9(7)6-3-4-12-5-6/h3-5,12H,2H2,1H3. The lowest BCUT2D eigenvalue weighted by atomic mass is 10.1. The molecule has 2 rings (SSSR count). The van der Waals surface area contributed by atoms with Crippen LogP contribution < -0.4 is 0 Å². The van der Waals surface area contributed by atoms with Crippen molar-refractivity contribution in [3.8, 4) is 0 Å². The zero-order chi connectivity index (χ0) is 12.4. The first-order chi connectivity index (χ1) is 8.15. The summed E-state index contributed by atoms with van der Waals surface area (Å²) in [7, 11) is 0. The Morgan fingerprint density at radius 2 is 2.24 bits per heavy atom. The van der Waals surface area contributed by atoms with Crippen LogP contribution in [0.15, 0.2) is 24.0 Å². The van der Waals surface area contributed by atoms with Gasteiger partial charge in [0.2, 0.25) is 0 Å². The van der Waals surface area contributed by atoms with Crippen molar-refractivity contribution in [1.82, 2.24) is 4.98 Å². The number of Topliss-reactive ketones (excluding diaryl/α,β-unsaturated/α-hetero) is 1. The van der Waals surface area contributed by atoms with Crippen LogP contribution in [0.25, 0.3) is 5.76 Å². The Hall–Kier alpha value is -2.37. The molecule has 0 amide bonds. The maximum atomic E-state index is 11.6. The maximum Gasteiger partial charge on any atom is 0.385 e. The van der Waals surface area contributed by atoms with Gasteiger partial charge in [-0.1, -0.05) is 0 Å². The first-order valence-electron chi connectivity index (χ1n) is 4.96. The summed E-state index contributed by atoms with van der Waals surface area (Å²) in [6.45, 7) is 1.72. The first kappa shape index (κ1) is 11.1. The molecular formula is C11H9NO5. The number of ketones is 1. The number of ether oxygens (including phenoxy) is 2. The highest BCUT2D eigenvalue weighted by molar-refractivity contribution is 6.51. The normalized spacial score (nSPS) is 15.1. The molecule has 2 heterocycles. The number of cyclic esters (lactones) is 1. The third-order valence-electron chi connectivity index (χ3n) is 2.17. The van der Waals surface area contributed by atoms with Crippen molar-refractivity contribution in [3.63, 3.8) is 0 Å². The Labute approximate surface area is 96.2 Å². The number of rotatable bonds is 3. The second-order valence-corrected chi connectivity index (χ2v) is 3.24. The summed E-state index contributed by atoms with van der Waals surface area (Å²) in [6, 6.07) is 1.58. The molecule has 0 aliphatic carbocycles. The minimum absolute atomic E-state index is 0.0558. The van der Waals surface area contributed by atoms with Crippen LogP contribution in [-0.2, 0) is 23.9 Å². The molecule has 1 N–H and O–H groups in total. The van der Waals surface area contributed by atoms with Crippen molar-refractivity contribution in [2.75, 3.05) is 6.61 Å². The minimum atomic E-state index is -1.07. The fourth-order valence-corrected chi connectivity index (χ4v) is 1.45. The summed E-state index contributed by atoms with van der Waals surface area (Å²) in [6.07, 6.45) is 3.10. The van der Waals surface area contributed by atoms with Gasteiger partial charge in [-0.2, -0.15) is 0 Å². The summed E-state index contributed by atoms with van der Waals surface area (Å²) in [4.78, 5) is 37.0. The van der Waals surface area contributed by atoms with E-state index in [1.54, 1.807) is 19.2 Å². The fraction of sp³-hybridized carbons (Fsp3) is 0.182. The number of aromatic amines is 1. The average Bonchev–Trinajstić information content (AvgIpc) is 2.88. The number of H-pyrrole nitrogens is 1. The Morgan fingerprint density at radius 3 is 2.82 bits per heavy atom. The van der Waals surface area contributed by atoms with Gasteiger partial charge in [0.25, 0.3) is 5.78 Å². The Balaban J connectivity index is 2.46. The molecule has 1 aromatic rings. The zero-order valence-electron chi connectivity index (χ0n) is 8.98. The Morgan fingerprint density at radius 1 is 1.47 bits per heavy atom. The highest BCUT2D eigenvalue weighted by Crippen LogP contribution is 2.27. The molecule has 0 saturated carbocycles. The van der Waals surface area contributed by atoms with Crippen LogP contribution in [0.5, 0.6) is 0 Å². The number of nitrogens with one attached hydrogen (secondary N) is 1. The lowest BCUT2D eigenvalue weighted by Crippen LogP contribution is -2.17. The highest BCUT2D eigenvalue weighted by atomic mass is 16.6. The van der Waals surface area contributed by atoms with E-state index in [2.05, 4.69) is 4.98 Å². The highest BCUT2D eigenvalue weighted by Gasteiger charge is 2.40. The molecule has 6 nitrogen and oxygen atoms in total. The van der Waals surface area contributed by atoms with Crippen molar-refractivity contribution in [1.29, 1.82) is 0 Å². The van der Waals surface area contributed by atoms with Crippen LogP contribution in [-0.4, -0.2) is 29.3 Å². The topological polar surface area (TPSA) is 85.5 Å². The van der Waals surface area contributed by atoms with Crippen molar-refractivity contribution in [2.24, 2.45) is 0 Å². The predicted octanol–water partition coefficient (Wildman–Crippen LogP) is 0.415. The molecule has 17 heavy (non-hydrogen) atoms. The van der Waals surface area contributed by atoms with Gasteiger partial charge in [-0.3, -0.25) is 4.79 Å². The number of aromatic nitrogens is 1. The smallest absolute Gasteiger partial charge is 0.385 e. The van der Waals surface area contributed by atoms with E-state index < -0.39 is 17.7 Å². The second-order valence-electron chi connectivity index (χ2n) is 3.24. The van der Waals surface area contributed by atoms with E-state index >= 15 is 0 Å². The van der Waals surface area contributed by atoms with Crippen LogP contribution in [0.3, 0.4) is 0 Å². The number of carbonyl (C=O) groups is 3. The molecular weight excluding hydrogens is 226 g/mol. The van der Waals surface area contributed by atoms with E-state index in [0.29, 0.717) is 5.56 Å². The molecule has 1 aromatic heterocycles. The maximum absolute atomic E-state index is 11.6.